The van der Waals surface area contributed by atoms with Gasteiger partial charge in [0, 0.05) is 30.4 Å². The van der Waals surface area contributed by atoms with Crippen LogP contribution in [0.4, 0.5) is 0 Å². The zero-order valence-corrected chi connectivity index (χ0v) is 19.2. The van der Waals surface area contributed by atoms with Crippen LogP contribution >= 0.6 is 0 Å². The van der Waals surface area contributed by atoms with Crippen molar-refractivity contribution in [1.82, 2.24) is 0 Å². The van der Waals surface area contributed by atoms with Gasteiger partial charge in [-0.15, -0.1) is 0 Å². The number of aromatic nitrogens is 1. The van der Waals surface area contributed by atoms with Crippen molar-refractivity contribution < 1.29 is 4.57 Å². The predicted molar refractivity (Wildman–Crippen MR) is 119 cm³/mol. The highest BCUT2D eigenvalue weighted by Gasteiger charge is 2.62. The van der Waals surface area contributed by atoms with E-state index in [1.54, 1.807) is 11.1 Å². The molecule has 1 aliphatic carbocycles. The summed E-state index contributed by atoms with van der Waals surface area (Å²) in [6, 6.07) is 11.9. The average molecular weight is 377 g/mol. The van der Waals surface area contributed by atoms with Crippen LogP contribution in [0.25, 0.3) is 11.3 Å². The molecule has 2 aromatic rings. The van der Waals surface area contributed by atoms with E-state index >= 15 is 0 Å². The van der Waals surface area contributed by atoms with E-state index in [1.165, 1.54) is 36.1 Å². The van der Waals surface area contributed by atoms with Crippen molar-refractivity contribution in [2.75, 3.05) is 0 Å². The first-order chi connectivity index (χ1) is 13.1. The highest BCUT2D eigenvalue weighted by molar-refractivity contribution is 5.77. The summed E-state index contributed by atoms with van der Waals surface area (Å²) in [6.07, 6.45) is 7.16. The molecule has 2 atom stereocenters. The van der Waals surface area contributed by atoms with Gasteiger partial charge in [-0.25, -0.2) is 0 Å². The molecule has 0 saturated carbocycles. The minimum Gasteiger partial charge on any atom is -0.192 e. The maximum atomic E-state index is 2.68. The third kappa shape index (κ3) is 1.96. The summed E-state index contributed by atoms with van der Waals surface area (Å²) in [6.45, 7) is 19.5. The van der Waals surface area contributed by atoms with Crippen LogP contribution < -0.4 is 4.57 Å². The van der Waals surface area contributed by atoms with E-state index in [0.29, 0.717) is 0 Å². The number of hydrogen-bond acceptors (Lipinski definition) is 0. The summed E-state index contributed by atoms with van der Waals surface area (Å²) < 4.78 is 2.68. The fourth-order valence-corrected chi connectivity index (χ4v) is 6.69. The molecule has 0 saturated heterocycles. The first-order valence-corrected chi connectivity index (χ1v) is 11.3. The van der Waals surface area contributed by atoms with Crippen molar-refractivity contribution in [3.8, 4) is 11.3 Å². The molecule has 1 nitrogen and oxygen atoms in total. The highest BCUT2D eigenvalue weighted by Crippen LogP contribution is 2.60. The van der Waals surface area contributed by atoms with Gasteiger partial charge in [-0.1, -0.05) is 73.1 Å². The third-order valence-electron chi connectivity index (χ3n) is 9.25. The van der Waals surface area contributed by atoms with E-state index in [1.807, 2.05) is 0 Å². The molecular weight excluding hydrogens is 338 g/mol. The summed E-state index contributed by atoms with van der Waals surface area (Å²) in [4.78, 5) is 0. The molecule has 0 radical (unpaired) electrons. The molecule has 1 aliphatic heterocycles. The lowest BCUT2D eigenvalue weighted by Gasteiger charge is -2.54. The second kappa shape index (κ2) is 5.94. The van der Waals surface area contributed by atoms with Gasteiger partial charge in [0.1, 0.15) is 0 Å². The Labute approximate surface area is 172 Å². The third-order valence-corrected chi connectivity index (χ3v) is 9.25. The SMILES string of the molecule is CCCC1(CC)c2cccc3c2-c2c(ccc[n+]2C1(C)CC)C(C)(C)C3(C)C. The Balaban J connectivity index is 2.24. The lowest BCUT2D eigenvalue weighted by atomic mass is 9.51. The van der Waals surface area contributed by atoms with Crippen LogP contribution in [0.1, 0.15) is 97.8 Å². The quantitative estimate of drug-likeness (QED) is 0.517. The van der Waals surface area contributed by atoms with E-state index in [4.69, 9.17) is 0 Å². The molecule has 0 N–H and O–H groups in total. The molecule has 2 heterocycles. The fourth-order valence-electron chi connectivity index (χ4n) is 6.69. The van der Waals surface area contributed by atoms with Gasteiger partial charge in [-0.05, 0) is 35.4 Å². The maximum Gasteiger partial charge on any atom is 0.217 e. The van der Waals surface area contributed by atoms with E-state index in [0.717, 1.165) is 6.42 Å². The molecule has 150 valence electrons. The van der Waals surface area contributed by atoms with Gasteiger partial charge in [0.2, 0.25) is 5.69 Å². The lowest BCUT2D eigenvalue weighted by Crippen LogP contribution is -2.69. The first kappa shape index (κ1) is 19.7. The zero-order valence-electron chi connectivity index (χ0n) is 19.2. The first-order valence-electron chi connectivity index (χ1n) is 11.3. The number of hydrogen-bond donors (Lipinski definition) is 0. The summed E-state index contributed by atoms with van der Waals surface area (Å²) in [5.41, 5.74) is 8.14. The molecular formula is C27H38N+. The van der Waals surface area contributed by atoms with Gasteiger partial charge < -0.3 is 0 Å². The number of nitrogens with zero attached hydrogens (tertiary/aromatic N) is 1. The Kier molecular flexibility index (Phi) is 4.17. The van der Waals surface area contributed by atoms with Crippen LogP contribution in [-0.2, 0) is 21.8 Å². The number of rotatable bonds is 4. The molecule has 0 bridgehead atoms. The molecule has 28 heavy (non-hydrogen) atoms. The summed E-state index contributed by atoms with van der Waals surface area (Å²) >= 11 is 0. The summed E-state index contributed by atoms with van der Waals surface area (Å²) in [5, 5.41) is 0. The minimum absolute atomic E-state index is 0.0859. The van der Waals surface area contributed by atoms with E-state index in [9.17, 15) is 0 Å². The topological polar surface area (TPSA) is 3.88 Å². The number of benzene rings is 1. The Morgan fingerprint density at radius 1 is 0.750 bits per heavy atom. The standard InChI is InChI=1S/C27H38N/c1-9-17-27(11-3)20-15-12-14-19-22(20)23-21(25(6,7)24(19,4)5)16-13-18-28(23)26(27,8)10-2/h12-16,18H,9-11,17H2,1-8H3/q+1. The van der Waals surface area contributed by atoms with Gasteiger partial charge in [-0.3, -0.25) is 0 Å². The molecule has 0 fully saturated rings. The van der Waals surface area contributed by atoms with Crippen molar-refractivity contribution in [2.24, 2.45) is 0 Å². The lowest BCUT2D eigenvalue weighted by molar-refractivity contribution is -0.766. The molecule has 1 heteroatoms. The average Bonchev–Trinajstić information content (AvgIpc) is 2.69. The molecule has 1 aromatic carbocycles. The van der Waals surface area contributed by atoms with Crippen molar-refractivity contribution in [3.63, 3.8) is 0 Å². The second-order valence-electron chi connectivity index (χ2n) is 10.4. The van der Waals surface area contributed by atoms with Gasteiger partial charge in [0.25, 0.3) is 0 Å². The monoisotopic (exact) mass is 376 g/mol. The Hall–Kier alpha value is -1.63. The van der Waals surface area contributed by atoms with Crippen LogP contribution in [0.2, 0.25) is 0 Å². The van der Waals surface area contributed by atoms with Gasteiger partial charge in [0.05, 0.1) is 11.0 Å². The van der Waals surface area contributed by atoms with Crippen LogP contribution in [0.15, 0.2) is 36.5 Å². The molecule has 1 aromatic heterocycles. The van der Waals surface area contributed by atoms with Crippen LogP contribution in [-0.4, -0.2) is 0 Å². The maximum absolute atomic E-state index is 2.68. The van der Waals surface area contributed by atoms with Crippen molar-refractivity contribution in [1.29, 1.82) is 0 Å². The molecule has 0 spiro atoms. The Morgan fingerprint density at radius 3 is 1.96 bits per heavy atom. The molecule has 4 rings (SSSR count). The fraction of sp³-hybridized carbons (Fsp3) is 0.593. The smallest absolute Gasteiger partial charge is 0.192 e. The zero-order chi connectivity index (χ0) is 20.5. The summed E-state index contributed by atoms with van der Waals surface area (Å²) in [7, 11) is 0. The molecule has 2 aliphatic rings. The van der Waals surface area contributed by atoms with Crippen molar-refractivity contribution >= 4 is 0 Å². The van der Waals surface area contributed by atoms with Gasteiger partial charge in [0.15, 0.2) is 11.7 Å². The summed E-state index contributed by atoms with van der Waals surface area (Å²) in [5.74, 6) is 0. The highest BCUT2D eigenvalue weighted by atomic mass is 15.1. The van der Waals surface area contributed by atoms with E-state index in [-0.39, 0.29) is 21.8 Å². The van der Waals surface area contributed by atoms with Crippen molar-refractivity contribution in [3.05, 3.63) is 53.2 Å². The van der Waals surface area contributed by atoms with Crippen LogP contribution in [0, 0.1) is 0 Å². The van der Waals surface area contributed by atoms with E-state index < -0.39 is 0 Å². The van der Waals surface area contributed by atoms with Crippen LogP contribution in [0.3, 0.4) is 0 Å². The van der Waals surface area contributed by atoms with E-state index in [2.05, 4.69) is 96.5 Å². The van der Waals surface area contributed by atoms with Crippen LogP contribution in [0.5, 0.6) is 0 Å². The Morgan fingerprint density at radius 2 is 1.36 bits per heavy atom. The predicted octanol–water partition coefficient (Wildman–Crippen LogP) is 6.80. The second-order valence-corrected chi connectivity index (χ2v) is 10.4. The van der Waals surface area contributed by atoms with Crippen molar-refractivity contribution in [2.45, 2.75) is 103 Å². The normalized spacial score (nSPS) is 28.7. The van der Waals surface area contributed by atoms with Gasteiger partial charge >= 0.3 is 0 Å². The molecule has 0 amide bonds. The largest absolute Gasteiger partial charge is 0.217 e. The van der Waals surface area contributed by atoms with Gasteiger partial charge in [-0.2, -0.15) is 4.57 Å². The number of pyridine rings is 1. The Bertz CT molecular complexity index is 935. The minimum atomic E-state index is 0.0859. The molecule has 2 unspecified atom stereocenters.